The summed E-state index contributed by atoms with van der Waals surface area (Å²) in [5.74, 6) is -0.316. The lowest BCUT2D eigenvalue weighted by atomic mass is 10.1. The van der Waals surface area contributed by atoms with Crippen LogP contribution >= 0.6 is 11.8 Å². The molecule has 2 amide bonds. The summed E-state index contributed by atoms with van der Waals surface area (Å²) in [6.45, 7) is 0.513. The Labute approximate surface area is 174 Å². The van der Waals surface area contributed by atoms with E-state index in [1.807, 2.05) is 30.5 Å². The predicted octanol–water partition coefficient (Wildman–Crippen LogP) is 2.45. The normalized spacial score (nSPS) is 16.6. The molecule has 1 aliphatic heterocycles. The average molecular weight is 435 g/mol. The lowest BCUT2D eigenvalue weighted by molar-refractivity contribution is -0.125. The number of cyclic esters (lactones) is 1. The fourth-order valence-corrected chi connectivity index (χ4v) is 3.97. The number of carbonyl (C=O) groups excluding carboxylic acids is 2. The maximum Gasteiger partial charge on any atom is 0.410 e. The van der Waals surface area contributed by atoms with Crippen molar-refractivity contribution in [3.63, 3.8) is 0 Å². The first-order chi connectivity index (χ1) is 13.8. The Morgan fingerprint density at radius 3 is 2.34 bits per heavy atom. The second-order valence-corrected chi connectivity index (χ2v) is 9.60. The summed E-state index contributed by atoms with van der Waals surface area (Å²) in [5, 5.41) is 2.79. The van der Waals surface area contributed by atoms with Gasteiger partial charge >= 0.3 is 6.09 Å². The SMILES string of the molecule is CSc1ccc(CN2C(=O)OC[C@H]2C(=O)NCc2ccc(S(C)(=O)=O)cc2)cc1. The van der Waals surface area contributed by atoms with Gasteiger partial charge in [-0.25, -0.2) is 13.2 Å². The molecule has 1 N–H and O–H groups in total. The smallest absolute Gasteiger partial charge is 0.410 e. The molecule has 0 bridgehead atoms. The van der Waals surface area contributed by atoms with E-state index in [0.29, 0.717) is 0 Å². The van der Waals surface area contributed by atoms with Crippen molar-refractivity contribution in [2.45, 2.75) is 28.9 Å². The second kappa shape index (κ2) is 8.87. The number of sulfone groups is 1. The van der Waals surface area contributed by atoms with Crippen molar-refractivity contribution in [1.29, 1.82) is 0 Å². The van der Waals surface area contributed by atoms with Gasteiger partial charge in [-0.05, 0) is 41.6 Å². The van der Waals surface area contributed by atoms with Crippen LogP contribution in [0.3, 0.4) is 0 Å². The Balaban J connectivity index is 1.62. The Kier molecular flexibility index (Phi) is 6.49. The lowest BCUT2D eigenvalue weighted by Gasteiger charge is -2.21. The minimum atomic E-state index is -3.26. The zero-order valence-corrected chi connectivity index (χ0v) is 17.8. The zero-order chi connectivity index (χ0) is 21.0. The van der Waals surface area contributed by atoms with Gasteiger partial charge < -0.3 is 10.1 Å². The number of rotatable bonds is 7. The quantitative estimate of drug-likeness (QED) is 0.673. The number of ether oxygens (including phenoxy) is 1. The minimum Gasteiger partial charge on any atom is -0.447 e. The molecule has 0 aromatic heterocycles. The van der Waals surface area contributed by atoms with Gasteiger partial charge in [-0.2, -0.15) is 0 Å². The molecule has 154 valence electrons. The van der Waals surface area contributed by atoms with Gasteiger partial charge in [-0.15, -0.1) is 11.8 Å². The summed E-state index contributed by atoms with van der Waals surface area (Å²) in [6, 6.07) is 13.4. The fourth-order valence-electron chi connectivity index (χ4n) is 2.93. The van der Waals surface area contributed by atoms with Gasteiger partial charge in [-0.1, -0.05) is 24.3 Å². The number of amides is 2. The fraction of sp³-hybridized carbons (Fsp3) is 0.300. The Morgan fingerprint density at radius 2 is 1.76 bits per heavy atom. The van der Waals surface area contributed by atoms with E-state index in [2.05, 4.69) is 5.32 Å². The molecule has 9 heteroatoms. The van der Waals surface area contributed by atoms with Crippen LogP contribution < -0.4 is 5.32 Å². The Bertz CT molecular complexity index is 989. The van der Waals surface area contributed by atoms with Crippen molar-refractivity contribution >= 4 is 33.6 Å². The average Bonchev–Trinajstić information content (AvgIpc) is 3.07. The monoisotopic (exact) mass is 434 g/mol. The van der Waals surface area contributed by atoms with Crippen LogP contribution in [0.1, 0.15) is 11.1 Å². The molecule has 1 aliphatic rings. The molecule has 1 saturated heterocycles. The summed E-state index contributed by atoms with van der Waals surface area (Å²) in [7, 11) is -3.26. The lowest BCUT2D eigenvalue weighted by Crippen LogP contribution is -2.45. The van der Waals surface area contributed by atoms with Gasteiger partial charge in [0.25, 0.3) is 0 Å². The summed E-state index contributed by atoms with van der Waals surface area (Å²) < 4.78 is 28.1. The molecule has 0 radical (unpaired) electrons. The van der Waals surface area contributed by atoms with E-state index in [-0.39, 0.29) is 30.5 Å². The molecule has 1 fully saturated rings. The van der Waals surface area contributed by atoms with Crippen LogP contribution in [-0.4, -0.2) is 50.5 Å². The van der Waals surface area contributed by atoms with Crippen molar-refractivity contribution in [2.24, 2.45) is 0 Å². The standard InChI is InChI=1S/C20H22N2O5S2/c1-28-16-7-3-15(4-8-16)12-22-18(13-27-20(22)24)19(23)21-11-14-5-9-17(10-6-14)29(2,25)26/h3-10,18H,11-13H2,1-2H3,(H,21,23)/t18-/m0/s1. The number of nitrogens with one attached hydrogen (secondary N) is 1. The van der Waals surface area contributed by atoms with Crippen LogP contribution in [0.25, 0.3) is 0 Å². The van der Waals surface area contributed by atoms with Crippen molar-refractivity contribution in [2.75, 3.05) is 19.1 Å². The van der Waals surface area contributed by atoms with E-state index in [0.717, 1.165) is 22.3 Å². The Hall–Kier alpha value is -2.52. The third-order valence-electron chi connectivity index (χ3n) is 4.61. The molecule has 1 heterocycles. The highest BCUT2D eigenvalue weighted by atomic mass is 32.2. The molecule has 1 atom stereocenters. The Morgan fingerprint density at radius 1 is 1.14 bits per heavy atom. The van der Waals surface area contributed by atoms with Crippen LogP contribution in [0, 0.1) is 0 Å². The maximum absolute atomic E-state index is 12.6. The molecule has 0 saturated carbocycles. The number of hydrogen-bond acceptors (Lipinski definition) is 6. The van der Waals surface area contributed by atoms with Crippen LogP contribution in [0.15, 0.2) is 58.3 Å². The van der Waals surface area contributed by atoms with Crippen molar-refractivity contribution < 1.29 is 22.7 Å². The van der Waals surface area contributed by atoms with Crippen molar-refractivity contribution in [3.05, 3.63) is 59.7 Å². The van der Waals surface area contributed by atoms with Crippen molar-refractivity contribution in [1.82, 2.24) is 10.2 Å². The molecule has 2 aromatic carbocycles. The number of benzene rings is 2. The van der Waals surface area contributed by atoms with Crippen LogP contribution in [-0.2, 0) is 32.5 Å². The van der Waals surface area contributed by atoms with Crippen molar-refractivity contribution in [3.8, 4) is 0 Å². The van der Waals surface area contributed by atoms with E-state index in [9.17, 15) is 18.0 Å². The maximum atomic E-state index is 12.6. The molecule has 2 aromatic rings. The van der Waals surface area contributed by atoms with E-state index >= 15 is 0 Å². The summed E-state index contributed by atoms with van der Waals surface area (Å²) in [5.41, 5.74) is 1.67. The third kappa shape index (κ3) is 5.30. The zero-order valence-electron chi connectivity index (χ0n) is 16.1. The van der Waals surface area contributed by atoms with Crippen LogP contribution in [0.5, 0.6) is 0 Å². The van der Waals surface area contributed by atoms with Gasteiger partial charge in [0.1, 0.15) is 12.6 Å². The topological polar surface area (TPSA) is 92.8 Å². The number of thioether (sulfide) groups is 1. The van der Waals surface area contributed by atoms with E-state index in [4.69, 9.17) is 4.74 Å². The highest BCUT2D eigenvalue weighted by Crippen LogP contribution is 2.20. The molecule has 0 unspecified atom stereocenters. The molecule has 0 aliphatic carbocycles. The predicted molar refractivity (Wildman–Crippen MR) is 110 cm³/mol. The van der Waals surface area contributed by atoms with Gasteiger partial charge in [0.05, 0.1) is 11.4 Å². The van der Waals surface area contributed by atoms with E-state index < -0.39 is 22.0 Å². The van der Waals surface area contributed by atoms with Crippen LogP contribution in [0.4, 0.5) is 4.79 Å². The van der Waals surface area contributed by atoms with E-state index in [1.54, 1.807) is 23.9 Å². The highest BCUT2D eigenvalue weighted by molar-refractivity contribution is 7.98. The molecule has 29 heavy (non-hydrogen) atoms. The third-order valence-corrected chi connectivity index (χ3v) is 6.48. The summed E-state index contributed by atoms with van der Waals surface area (Å²) in [6.07, 6.45) is 2.61. The largest absolute Gasteiger partial charge is 0.447 e. The van der Waals surface area contributed by atoms with Gasteiger partial charge in [0.2, 0.25) is 5.91 Å². The second-order valence-electron chi connectivity index (χ2n) is 6.70. The number of carbonyl (C=O) groups is 2. The van der Waals surface area contributed by atoms with Gasteiger partial charge in [-0.3, -0.25) is 9.69 Å². The molecular weight excluding hydrogens is 412 g/mol. The van der Waals surface area contributed by atoms with Gasteiger partial charge in [0.15, 0.2) is 9.84 Å². The van der Waals surface area contributed by atoms with Crippen LogP contribution in [0.2, 0.25) is 0 Å². The summed E-state index contributed by atoms with van der Waals surface area (Å²) in [4.78, 5) is 27.4. The van der Waals surface area contributed by atoms with E-state index in [1.165, 1.54) is 17.0 Å². The highest BCUT2D eigenvalue weighted by Gasteiger charge is 2.37. The molecular formula is C20H22N2O5S2. The minimum absolute atomic E-state index is 0.000574. The molecule has 0 spiro atoms. The summed E-state index contributed by atoms with van der Waals surface area (Å²) >= 11 is 1.63. The first-order valence-corrected chi connectivity index (χ1v) is 12.0. The number of nitrogens with zero attached hydrogens (tertiary/aromatic N) is 1. The first-order valence-electron chi connectivity index (χ1n) is 8.91. The number of hydrogen-bond donors (Lipinski definition) is 1. The first kappa shape index (κ1) is 21.2. The van der Waals surface area contributed by atoms with Gasteiger partial charge in [0, 0.05) is 17.7 Å². The molecule has 3 rings (SSSR count). The molecule has 7 nitrogen and oxygen atoms in total.